The van der Waals surface area contributed by atoms with E-state index >= 15 is 0 Å². The second-order valence-electron chi connectivity index (χ2n) is 5.74. The lowest BCUT2D eigenvalue weighted by Crippen LogP contribution is -2.43. The van der Waals surface area contributed by atoms with Gasteiger partial charge < -0.3 is 10.1 Å². The molecular formula is C14H27NO. The minimum atomic E-state index is 0.483. The molecule has 2 fully saturated rings. The second kappa shape index (κ2) is 6.02. The van der Waals surface area contributed by atoms with Crippen LogP contribution in [0.5, 0.6) is 0 Å². The van der Waals surface area contributed by atoms with Gasteiger partial charge in [-0.3, -0.25) is 0 Å². The summed E-state index contributed by atoms with van der Waals surface area (Å²) >= 11 is 0. The summed E-state index contributed by atoms with van der Waals surface area (Å²) in [5.74, 6) is 0.923. The average Bonchev–Trinajstić information content (AvgIpc) is 2.33. The van der Waals surface area contributed by atoms with Gasteiger partial charge >= 0.3 is 0 Å². The summed E-state index contributed by atoms with van der Waals surface area (Å²) in [4.78, 5) is 0. The van der Waals surface area contributed by atoms with Crippen LogP contribution < -0.4 is 5.32 Å². The summed E-state index contributed by atoms with van der Waals surface area (Å²) in [5.41, 5.74) is 0. The highest BCUT2D eigenvalue weighted by Gasteiger charge is 2.28. The Morgan fingerprint density at radius 1 is 0.938 bits per heavy atom. The van der Waals surface area contributed by atoms with Crippen LogP contribution in [0.15, 0.2) is 0 Å². The molecule has 0 amide bonds. The molecule has 94 valence electrons. The fraction of sp³-hybridized carbons (Fsp3) is 1.00. The van der Waals surface area contributed by atoms with Gasteiger partial charge in [0.1, 0.15) is 0 Å². The molecule has 0 bridgehead atoms. The Morgan fingerprint density at radius 3 is 2.31 bits per heavy atom. The van der Waals surface area contributed by atoms with Crippen LogP contribution in [0.2, 0.25) is 0 Å². The van der Waals surface area contributed by atoms with Gasteiger partial charge in [0, 0.05) is 6.04 Å². The zero-order chi connectivity index (χ0) is 11.4. The summed E-state index contributed by atoms with van der Waals surface area (Å²) in [5, 5.41) is 3.43. The van der Waals surface area contributed by atoms with Gasteiger partial charge in [0.2, 0.25) is 0 Å². The number of ether oxygens (including phenoxy) is 1. The molecule has 0 aliphatic heterocycles. The molecule has 2 heteroatoms. The zero-order valence-corrected chi connectivity index (χ0v) is 10.9. The van der Waals surface area contributed by atoms with E-state index in [1.54, 1.807) is 0 Å². The topological polar surface area (TPSA) is 21.3 Å². The first-order valence-corrected chi connectivity index (χ1v) is 7.12. The molecule has 1 N–H and O–H groups in total. The van der Waals surface area contributed by atoms with Crippen molar-refractivity contribution in [3.05, 3.63) is 0 Å². The third-order valence-electron chi connectivity index (χ3n) is 4.40. The van der Waals surface area contributed by atoms with Gasteiger partial charge in [-0.15, -0.1) is 0 Å². The van der Waals surface area contributed by atoms with Gasteiger partial charge in [0.25, 0.3) is 0 Å². The third-order valence-corrected chi connectivity index (χ3v) is 4.40. The maximum absolute atomic E-state index is 6.32. The van der Waals surface area contributed by atoms with Crippen molar-refractivity contribution in [3.8, 4) is 0 Å². The van der Waals surface area contributed by atoms with Crippen molar-refractivity contribution in [2.75, 3.05) is 7.05 Å². The van der Waals surface area contributed by atoms with E-state index in [0.29, 0.717) is 18.2 Å². The first kappa shape index (κ1) is 12.4. The van der Waals surface area contributed by atoms with E-state index in [2.05, 4.69) is 19.3 Å². The van der Waals surface area contributed by atoms with Gasteiger partial charge in [-0.1, -0.05) is 19.8 Å². The number of nitrogens with one attached hydrogen (secondary N) is 1. The fourth-order valence-electron chi connectivity index (χ4n) is 3.20. The van der Waals surface area contributed by atoms with Crippen LogP contribution in [0, 0.1) is 5.92 Å². The molecule has 2 saturated carbocycles. The Balaban J connectivity index is 1.78. The van der Waals surface area contributed by atoms with Crippen molar-refractivity contribution in [2.45, 2.75) is 76.5 Å². The summed E-state index contributed by atoms with van der Waals surface area (Å²) < 4.78 is 6.32. The van der Waals surface area contributed by atoms with Crippen molar-refractivity contribution in [3.63, 3.8) is 0 Å². The molecule has 0 aromatic heterocycles. The first-order chi connectivity index (χ1) is 7.79. The molecule has 2 rings (SSSR count). The highest BCUT2D eigenvalue weighted by Crippen LogP contribution is 2.29. The van der Waals surface area contributed by atoms with Gasteiger partial charge in [-0.05, 0) is 51.5 Å². The highest BCUT2D eigenvalue weighted by molar-refractivity contribution is 4.82. The summed E-state index contributed by atoms with van der Waals surface area (Å²) in [6.07, 6.45) is 11.6. The molecule has 0 radical (unpaired) electrons. The maximum atomic E-state index is 6.32. The monoisotopic (exact) mass is 225 g/mol. The fourth-order valence-corrected chi connectivity index (χ4v) is 3.20. The largest absolute Gasteiger partial charge is 0.373 e. The SMILES string of the molecule is CNC1CCCCC1OC1CCC(C)CC1. The minimum Gasteiger partial charge on any atom is -0.373 e. The van der Waals surface area contributed by atoms with Gasteiger partial charge in [0.15, 0.2) is 0 Å². The highest BCUT2D eigenvalue weighted by atomic mass is 16.5. The molecule has 0 aromatic rings. The quantitative estimate of drug-likeness (QED) is 0.797. The zero-order valence-electron chi connectivity index (χ0n) is 10.9. The molecule has 2 unspecified atom stereocenters. The van der Waals surface area contributed by atoms with Crippen LogP contribution in [-0.4, -0.2) is 25.3 Å². The molecule has 16 heavy (non-hydrogen) atoms. The van der Waals surface area contributed by atoms with Crippen LogP contribution >= 0.6 is 0 Å². The van der Waals surface area contributed by atoms with E-state index in [4.69, 9.17) is 4.74 Å². The minimum absolute atomic E-state index is 0.483. The Hall–Kier alpha value is -0.0800. The lowest BCUT2D eigenvalue weighted by atomic mass is 9.87. The van der Waals surface area contributed by atoms with Crippen molar-refractivity contribution in [1.82, 2.24) is 5.32 Å². The molecular weight excluding hydrogens is 198 g/mol. The molecule has 0 spiro atoms. The van der Waals surface area contributed by atoms with E-state index in [-0.39, 0.29) is 0 Å². The lowest BCUT2D eigenvalue weighted by molar-refractivity contribution is -0.0633. The molecule has 0 heterocycles. The van der Waals surface area contributed by atoms with Crippen LogP contribution in [0.25, 0.3) is 0 Å². The number of likely N-dealkylation sites (N-methyl/N-ethyl adjacent to an activating group) is 1. The summed E-state index contributed by atoms with van der Waals surface area (Å²) in [6.45, 7) is 2.37. The van der Waals surface area contributed by atoms with E-state index in [1.165, 1.54) is 51.4 Å². The third kappa shape index (κ3) is 3.21. The Labute approximate surface area is 100 Å². The van der Waals surface area contributed by atoms with E-state index < -0.39 is 0 Å². The van der Waals surface area contributed by atoms with Crippen molar-refractivity contribution >= 4 is 0 Å². The van der Waals surface area contributed by atoms with Crippen molar-refractivity contribution < 1.29 is 4.74 Å². The van der Waals surface area contributed by atoms with Crippen LogP contribution in [0.3, 0.4) is 0 Å². The maximum Gasteiger partial charge on any atom is 0.0731 e. The Bertz CT molecular complexity index is 199. The Kier molecular flexibility index (Phi) is 4.66. The molecule has 0 saturated heterocycles. The summed E-state index contributed by atoms with van der Waals surface area (Å²) in [6, 6.07) is 0.605. The summed E-state index contributed by atoms with van der Waals surface area (Å²) in [7, 11) is 2.08. The normalized spacial score (nSPS) is 40.9. The lowest BCUT2D eigenvalue weighted by Gasteiger charge is -2.36. The number of hydrogen-bond donors (Lipinski definition) is 1. The smallest absolute Gasteiger partial charge is 0.0731 e. The first-order valence-electron chi connectivity index (χ1n) is 7.12. The van der Waals surface area contributed by atoms with Crippen molar-refractivity contribution in [2.24, 2.45) is 5.92 Å². The van der Waals surface area contributed by atoms with E-state index in [9.17, 15) is 0 Å². The van der Waals surface area contributed by atoms with Gasteiger partial charge in [-0.2, -0.15) is 0 Å². The van der Waals surface area contributed by atoms with Crippen LogP contribution in [0.1, 0.15) is 58.3 Å². The predicted octanol–water partition coefficient (Wildman–Crippen LogP) is 3.11. The van der Waals surface area contributed by atoms with Gasteiger partial charge in [-0.25, -0.2) is 0 Å². The van der Waals surface area contributed by atoms with E-state index in [1.807, 2.05) is 0 Å². The molecule has 2 aliphatic rings. The molecule has 2 atom stereocenters. The number of hydrogen-bond acceptors (Lipinski definition) is 2. The van der Waals surface area contributed by atoms with E-state index in [0.717, 1.165) is 5.92 Å². The molecule has 0 aromatic carbocycles. The van der Waals surface area contributed by atoms with Crippen LogP contribution in [0.4, 0.5) is 0 Å². The Morgan fingerprint density at radius 2 is 1.62 bits per heavy atom. The molecule has 2 nitrogen and oxygen atoms in total. The van der Waals surface area contributed by atoms with Crippen LogP contribution in [-0.2, 0) is 4.74 Å². The number of rotatable bonds is 3. The molecule has 2 aliphatic carbocycles. The van der Waals surface area contributed by atoms with Crippen molar-refractivity contribution in [1.29, 1.82) is 0 Å². The standard InChI is InChI=1S/C14H27NO/c1-11-7-9-12(10-8-11)16-14-6-4-3-5-13(14)15-2/h11-15H,3-10H2,1-2H3. The second-order valence-corrected chi connectivity index (χ2v) is 5.74. The van der Waals surface area contributed by atoms with Gasteiger partial charge in [0.05, 0.1) is 12.2 Å². The average molecular weight is 225 g/mol. The predicted molar refractivity (Wildman–Crippen MR) is 67.6 cm³/mol.